The molecule has 312 valence electrons. The first kappa shape index (κ1) is 44.3. The summed E-state index contributed by atoms with van der Waals surface area (Å²) in [5.74, 6) is -1.92. The second kappa shape index (κ2) is 21.3. The van der Waals surface area contributed by atoms with E-state index in [0.29, 0.717) is 31.5 Å². The zero-order valence-corrected chi connectivity index (χ0v) is 35.3. The average molecular weight is 821 g/mol. The molecule has 13 heteroatoms. The number of thiazole rings is 1. The summed E-state index contributed by atoms with van der Waals surface area (Å²) in [7, 11) is 3.10. The second-order valence-electron chi connectivity index (χ2n) is 15.4. The third-order valence-electron chi connectivity index (χ3n) is 10.7. The number of benzene rings is 3. The number of amides is 4. The van der Waals surface area contributed by atoms with E-state index in [1.807, 2.05) is 18.5 Å². The normalized spacial score (nSPS) is 14.0. The van der Waals surface area contributed by atoms with Crippen molar-refractivity contribution in [2.45, 2.75) is 90.0 Å². The van der Waals surface area contributed by atoms with Gasteiger partial charge in [0.1, 0.15) is 11.4 Å². The second-order valence-corrected chi connectivity index (χ2v) is 16.3. The molecule has 1 aromatic heterocycles. The topological polar surface area (TPSA) is 184 Å². The van der Waals surface area contributed by atoms with E-state index in [1.54, 1.807) is 37.6 Å². The Morgan fingerprint density at radius 1 is 0.898 bits per heavy atom. The highest BCUT2D eigenvalue weighted by molar-refractivity contribution is 7.13. The number of hydrogen-bond donors (Lipinski definition) is 5. The number of ketones is 1. The van der Waals surface area contributed by atoms with Crippen LogP contribution in [0.15, 0.2) is 77.9 Å². The number of allylic oxidation sites excluding steroid dienone is 1. The summed E-state index contributed by atoms with van der Waals surface area (Å²) in [5, 5.41) is 19.2. The van der Waals surface area contributed by atoms with Gasteiger partial charge in [0.2, 0.25) is 5.91 Å². The van der Waals surface area contributed by atoms with E-state index < -0.39 is 17.6 Å². The molecule has 4 amide bonds. The molecule has 0 unspecified atom stereocenters. The van der Waals surface area contributed by atoms with Gasteiger partial charge in [-0.3, -0.25) is 24.0 Å². The molecule has 0 radical (unpaired) electrons. The fraction of sp³-hybridized carbons (Fsp3) is 0.391. The molecule has 0 bridgehead atoms. The fourth-order valence-corrected chi connectivity index (χ4v) is 8.02. The van der Waals surface area contributed by atoms with Gasteiger partial charge in [-0.05, 0) is 91.1 Å². The SMILES string of the molecule is Cc1ncsc1-c1ccc([C@@H](C)CC(=O)NCCCCCCCCCNC(=O)c2ccc3c(c2)[C@H](NC(=O)C(N)=CC(=O)c2ccc(C(=O)N(C)C)c(O)c2)CC3)cc1. The van der Waals surface area contributed by atoms with Crippen LogP contribution >= 0.6 is 11.3 Å². The van der Waals surface area contributed by atoms with Crippen LogP contribution in [0.5, 0.6) is 5.75 Å². The van der Waals surface area contributed by atoms with Crippen LogP contribution in [0.2, 0.25) is 0 Å². The standard InChI is InChI=1S/C46H56N6O6S/c1-29(31-12-15-33(16-13-31)43-30(2)50-28-59-43)24-42(55)48-22-10-8-6-5-7-9-11-23-49-44(56)35-17-14-32-19-21-39(37(32)25-35)51-45(57)38(47)27-40(53)34-18-20-36(41(54)26-34)46(58)52(3)4/h12-18,20,25-29,39,54H,5-11,19,21-24,47H2,1-4H3,(H,48,55)(H,49,56)(H,51,57)/t29-,39+/m0/s1. The Labute approximate surface area is 350 Å². The fourth-order valence-electron chi connectivity index (χ4n) is 7.21. The van der Waals surface area contributed by atoms with E-state index in [-0.39, 0.29) is 46.3 Å². The molecule has 0 spiro atoms. The van der Waals surface area contributed by atoms with Crippen LogP contribution in [0, 0.1) is 6.92 Å². The lowest BCUT2D eigenvalue weighted by atomic mass is 9.96. The summed E-state index contributed by atoms with van der Waals surface area (Å²) in [5.41, 5.74) is 13.4. The van der Waals surface area contributed by atoms with Crippen molar-refractivity contribution >= 4 is 40.7 Å². The van der Waals surface area contributed by atoms with Crippen LogP contribution in [0.1, 0.15) is 130 Å². The molecule has 1 aliphatic carbocycles. The van der Waals surface area contributed by atoms with E-state index >= 15 is 0 Å². The number of hydrogen-bond acceptors (Lipinski definition) is 9. The average Bonchev–Trinajstić information content (AvgIpc) is 3.84. The summed E-state index contributed by atoms with van der Waals surface area (Å²) in [6, 6.07) is 17.5. The summed E-state index contributed by atoms with van der Waals surface area (Å²) < 4.78 is 0. The van der Waals surface area contributed by atoms with Crippen LogP contribution in [0.25, 0.3) is 10.4 Å². The highest BCUT2D eigenvalue weighted by Gasteiger charge is 2.26. The molecule has 12 nitrogen and oxygen atoms in total. The van der Waals surface area contributed by atoms with E-state index in [2.05, 4.69) is 52.1 Å². The number of unbranched alkanes of at least 4 members (excludes halogenated alkanes) is 6. The third-order valence-corrected chi connectivity index (χ3v) is 11.7. The first-order valence-corrected chi connectivity index (χ1v) is 21.3. The number of aromatic nitrogens is 1. The van der Waals surface area contributed by atoms with E-state index in [9.17, 15) is 29.1 Å². The molecule has 6 N–H and O–H groups in total. The smallest absolute Gasteiger partial charge is 0.267 e. The van der Waals surface area contributed by atoms with Gasteiger partial charge in [0, 0.05) is 50.8 Å². The number of carbonyl (C=O) groups excluding carboxylic acids is 5. The number of rotatable bonds is 20. The number of fused-ring (bicyclic) bond motifs is 1. The molecule has 1 aliphatic rings. The Morgan fingerprint density at radius 3 is 2.20 bits per heavy atom. The van der Waals surface area contributed by atoms with Crippen molar-refractivity contribution in [3.8, 4) is 16.2 Å². The number of phenols is 1. The molecule has 59 heavy (non-hydrogen) atoms. The first-order chi connectivity index (χ1) is 28.3. The van der Waals surface area contributed by atoms with E-state index in [0.717, 1.165) is 85.4 Å². The molecule has 1 heterocycles. The molecule has 3 aromatic carbocycles. The highest BCUT2D eigenvalue weighted by atomic mass is 32.1. The molecule has 0 fully saturated rings. The Balaban J connectivity index is 0.940. The largest absolute Gasteiger partial charge is 0.507 e. The zero-order valence-electron chi connectivity index (χ0n) is 34.4. The van der Waals surface area contributed by atoms with Gasteiger partial charge in [-0.15, -0.1) is 11.3 Å². The molecule has 4 aromatic rings. The van der Waals surface area contributed by atoms with Gasteiger partial charge in [-0.1, -0.05) is 69.4 Å². The number of aromatic hydroxyl groups is 1. The van der Waals surface area contributed by atoms with Gasteiger partial charge in [0.05, 0.1) is 27.7 Å². The van der Waals surface area contributed by atoms with Crippen LogP contribution in [-0.2, 0) is 16.0 Å². The molecule has 5 rings (SSSR count). The summed E-state index contributed by atoms with van der Waals surface area (Å²) in [4.78, 5) is 70.3. The zero-order chi connectivity index (χ0) is 42.5. The summed E-state index contributed by atoms with van der Waals surface area (Å²) >= 11 is 1.64. The van der Waals surface area contributed by atoms with Gasteiger partial charge in [-0.25, -0.2) is 4.98 Å². The van der Waals surface area contributed by atoms with Crippen molar-refractivity contribution in [3.63, 3.8) is 0 Å². The Hall–Kier alpha value is -5.82. The monoisotopic (exact) mass is 820 g/mol. The lowest BCUT2D eigenvalue weighted by molar-refractivity contribution is -0.121. The molecule has 2 atom stereocenters. The third kappa shape index (κ3) is 12.3. The minimum absolute atomic E-state index is 0.0513. The quantitative estimate of drug-likeness (QED) is 0.0355. The predicted octanol–water partition coefficient (Wildman–Crippen LogP) is 7.13. The number of phenolic OH excluding ortho intramolecular Hbond substituents is 1. The van der Waals surface area contributed by atoms with Crippen LogP contribution in [-0.4, -0.2) is 71.6 Å². The van der Waals surface area contributed by atoms with Crippen molar-refractivity contribution < 1.29 is 29.1 Å². The molecule has 0 aliphatic heterocycles. The molecule has 0 saturated carbocycles. The lowest BCUT2D eigenvalue weighted by Gasteiger charge is -2.15. The Morgan fingerprint density at radius 2 is 1.56 bits per heavy atom. The van der Waals surface area contributed by atoms with Gasteiger partial charge in [0.25, 0.3) is 17.7 Å². The number of nitrogens with zero attached hydrogens (tertiary/aromatic N) is 2. The Bertz CT molecular complexity index is 2160. The van der Waals surface area contributed by atoms with Gasteiger partial charge < -0.3 is 31.7 Å². The van der Waals surface area contributed by atoms with Crippen molar-refractivity contribution in [2.24, 2.45) is 5.73 Å². The van der Waals surface area contributed by atoms with Crippen LogP contribution in [0.3, 0.4) is 0 Å². The summed E-state index contributed by atoms with van der Waals surface area (Å²) in [6.07, 6.45) is 10.0. The first-order valence-electron chi connectivity index (χ1n) is 20.4. The molecular formula is C46H56N6O6S. The van der Waals surface area contributed by atoms with E-state index in [1.165, 1.54) is 28.0 Å². The number of aryl methyl sites for hydroxylation is 2. The van der Waals surface area contributed by atoms with E-state index in [4.69, 9.17) is 5.73 Å². The summed E-state index contributed by atoms with van der Waals surface area (Å²) in [6.45, 7) is 5.36. The maximum absolute atomic E-state index is 13.0. The van der Waals surface area contributed by atoms with Crippen LogP contribution < -0.4 is 21.7 Å². The van der Waals surface area contributed by atoms with Crippen molar-refractivity contribution in [3.05, 3.63) is 117 Å². The number of carbonyl (C=O) groups is 5. The minimum atomic E-state index is -0.622. The van der Waals surface area contributed by atoms with Crippen molar-refractivity contribution in [2.75, 3.05) is 27.2 Å². The maximum Gasteiger partial charge on any atom is 0.267 e. The maximum atomic E-state index is 13.0. The predicted molar refractivity (Wildman–Crippen MR) is 231 cm³/mol. The highest BCUT2D eigenvalue weighted by Crippen LogP contribution is 2.32. The molecule has 0 saturated heterocycles. The Kier molecular flexibility index (Phi) is 16.0. The van der Waals surface area contributed by atoms with Crippen molar-refractivity contribution in [1.82, 2.24) is 25.8 Å². The van der Waals surface area contributed by atoms with Crippen LogP contribution in [0.4, 0.5) is 0 Å². The molecular weight excluding hydrogens is 765 g/mol. The minimum Gasteiger partial charge on any atom is -0.507 e. The van der Waals surface area contributed by atoms with Crippen molar-refractivity contribution in [1.29, 1.82) is 0 Å². The lowest BCUT2D eigenvalue weighted by Crippen LogP contribution is -2.32. The van der Waals surface area contributed by atoms with Gasteiger partial charge >= 0.3 is 0 Å². The number of nitrogens with two attached hydrogens (primary N) is 1. The van der Waals surface area contributed by atoms with Gasteiger partial charge in [0.15, 0.2) is 5.78 Å². The van der Waals surface area contributed by atoms with Gasteiger partial charge in [-0.2, -0.15) is 0 Å². The number of nitrogens with one attached hydrogen (secondary N) is 3.